The monoisotopic (exact) mass is 203 g/mol. The second-order valence-electron chi connectivity index (χ2n) is 3.59. The number of hydrogen-bond donors (Lipinski definition) is 2. The van der Waals surface area contributed by atoms with Gasteiger partial charge in [0.05, 0.1) is 0 Å². The summed E-state index contributed by atoms with van der Waals surface area (Å²) in [5.74, 6) is 0. The molecule has 0 aromatic carbocycles. The van der Waals surface area contributed by atoms with E-state index >= 15 is 0 Å². The molecule has 0 saturated carbocycles. The van der Waals surface area contributed by atoms with Crippen LogP contribution in [0.3, 0.4) is 0 Å². The summed E-state index contributed by atoms with van der Waals surface area (Å²) in [7, 11) is 2.05. The van der Waals surface area contributed by atoms with Gasteiger partial charge in [-0.25, -0.2) is 0 Å². The van der Waals surface area contributed by atoms with Crippen molar-refractivity contribution in [3.05, 3.63) is 0 Å². The lowest BCUT2D eigenvalue weighted by molar-refractivity contribution is -0.122. The van der Waals surface area contributed by atoms with E-state index in [4.69, 9.17) is 9.90 Å². The van der Waals surface area contributed by atoms with Crippen LogP contribution in [0.15, 0.2) is 0 Å². The minimum absolute atomic E-state index is 0.250. The standard InChI is InChI=1S/C10H23N.CH2O2/c1-5-8-10(6-2,7-3)9-11-4;2-1-3/h11H,5-9H2,1-4H3;1H,(H,2,3). The zero-order valence-corrected chi connectivity index (χ0v) is 9.97. The molecule has 0 saturated heterocycles. The highest BCUT2D eigenvalue weighted by Gasteiger charge is 2.23. The van der Waals surface area contributed by atoms with Crippen LogP contribution in [-0.4, -0.2) is 25.2 Å². The van der Waals surface area contributed by atoms with Gasteiger partial charge in [-0.15, -0.1) is 0 Å². The molecule has 0 aliphatic rings. The van der Waals surface area contributed by atoms with Crippen LogP contribution in [0.2, 0.25) is 0 Å². The van der Waals surface area contributed by atoms with Crippen LogP contribution < -0.4 is 5.32 Å². The molecule has 3 nitrogen and oxygen atoms in total. The molecule has 0 aromatic rings. The van der Waals surface area contributed by atoms with Gasteiger partial charge in [0.15, 0.2) is 0 Å². The average molecular weight is 203 g/mol. The van der Waals surface area contributed by atoms with E-state index < -0.39 is 0 Å². The summed E-state index contributed by atoms with van der Waals surface area (Å²) in [6, 6.07) is 0. The molecule has 0 aliphatic carbocycles. The zero-order chi connectivity index (χ0) is 11.4. The third kappa shape index (κ3) is 6.89. The maximum absolute atomic E-state index is 8.36. The van der Waals surface area contributed by atoms with E-state index in [0.717, 1.165) is 0 Å². The lowest BCUT2D eigenvalue weighted by atomic mass is 9.78. The third-order valence-electron chi connectivity index (χ3n) is 2.83. The summed E-state index contributed by atoms with van der Waals surface area (Å²) in [6.45, 7) is 7.80. The highest BCUT2D eigenvalue weighted by molar-refractivity contribution is 5.32. The van der Waals surface area contributed by atoms with Crippen molar-refractivity contribution in [3.8, 4) is 0 Å². The summed E-state index contributed by atoms with van der Waals surface area (Å²) in [6.07, 6.45) is 5.28. The van der Waals surface area contributed by atoms with Crippen molar-refractivity contribution in [1.82, 2.24) is 5.32 Å². The van der Waals surface area contributed by atoms with E-state index in [1.165, 1.54) is 32.2 Å². The molecule has 0 fully saturated rings. The van der Waals surface area contributed by atoms with Crippen molar-refractivity contribution in [3.63, 3.8) is 0 Å². The molecule has 0 unspecified atom stereocenters. The number of rotatable bonds is 6. The Morgan fingerprint density at radius 1 is 1.29 bits per heavy atom. The summed E-state index contributed by atoms with van der Waals surface area (Å²) in [4.78, 5) is 8.36. The second kappa shape index (κ2) is 10.5. The lowest BCUT2D eigenvalue weighted by Crippen LogP contribution is -2.31. The first-order valence-electron chi connectivity index (χ1n) is 5.38. The van der Waals surface area contributed by atoms with E-state index in [-0.39, 0.29) is 6.47 Å². The second-order valence-corrected chi connectivity index (χ2v) is 3.59. The largest absolute Gasteiger partial charge is 0.483 e. The Kier molecular flexibility index (Phi) is 11.9. The molecule has 0 heterocycles. The Balaban J connectivity index is 0. The van der Waals surface area contributed by atoms with Gasteiger partial charge in [0.1, 0.15) is 0 Å². The quantitative estimate of drug-likeness (QED) is 0.652. The van der Waals surface area contributed by atoms with Crippen molar-refractivity contribution >= 4 is 6.47 Å². The first kappa shape index (κ1) is 15.9. The Morgan fingerprint density at radius 2 is 1.71 bits per heavy atom. The molecule has 2 N–H and O–H groups in total. The summed E-state index contributed by atoms with van der Waals surface area (Å²) in [5, 5.41) is 10.2. The molecule has 0 rings (SSSR count). The van der Waals surface area contributed by atoms with Crippen molar-refractivity contribution in [2.24, 2.45) is 5.41 Å². The number of nitrogens with one attached hydrogen (secondary N) is 1. The van der Waals surface area contributed by atoms with Crippen LogP contribution in [0, 0.1) is 5.41 Å². The van der Waals surface area contributed by atoms with E-state index in [1.807, 2.05) is 0 Å². The van der Waals surface area contributed by atoms with Gasteiger partial charge in [-0.1, -0.05) is 27.2 Å². The van der Waals surface area contributed by atoms with E-state index in [9.17, 15) is 0 Å². The molecule has 14 heavy (non-hydrogen) atoms. The van der Waals surface area contributed by atoms with Gasteiger partial charge in [0, 0.05) is 6.54 Å². The third-order valence-corrected chi connectivity index (χ3v) is 2.83. The van der Waals surface area contributed by atoms with Crippen molar-refractivity contribution < 1.29 is 9.90 Å². The van der Waals surface area contributed by atoms with Crippen molar-refractivity contribution in [1.29, 1.82) is 0 Å². The fourth-order valence-electron chi connectivity index (χ4n) is 1.85. The average Bonchev–Trinajstić information content (AvgIpc) is 2.19. The SMILES string of the molecule is CCCC(CC)(CC)CNC.O=CO. The molecule has 86 valence electrons. The zero-order valence-electron chi connectivity index (χ0n) is 9.97. The van der Waals surface area contributed by atoms with Gasteiger partial charge in [-0.3, -0.25) is 4.79 Å². The molecule has 0 amide bonds. The Labute approximate surface area is 87.9 Å². The smallest absolute Gasteiger partial charge is 0.290 e. The highest BCUT2D eigenvalue weighted by atomic mass is 16.3. The maximum atomic E-state index is 8.36. The van der Waals surface area contributed by atoms with Crippen LogP contribution in [0.25, 0.3) is 0 Å². The van der Waals surface area contributed by atoms with Crippen molar-refractivity contribution in [2.75, 3.05) is 13.6 Å². The number of carboxylic acid groups (broad SMARTS) is 1. The van der Waals surface area contributed by atoms with E-state index in [1.54, 1.807) is 0 Å². The Morgan fingerprint density at radius 3 is 1.93 bits per heavy atom. The predicted molar refractivity (Wildman–Crippen MR) is 60.5 cm³/mol. The maximum Gasteiger partial charge on any atom is 0.290 e. The minimum atomic E-state index is -0.250. The van der Waals surface area contributed by atoms with Crippen LogP contribution in [-0.2, 0) is 4.79 Å². The molecule has 0 atom stereocenters. The first-order valence-corrected chi connectivity index (χ1v) is 5.38. The van der Waals surface area contributed by atoms with Gasteiger partial charge in [-0.2, -0.15) is 0 Å². The molecule has 0 spiro atoms. The molecular weight excluding hydrogens is 178 g/mol. The van der Waals surface area contributed by atoms with Gasteiger partial charge in [0.25, 0.3) is 6.47 Å². The first-order chi connectivity index (χ1) is 6.66. The number of hydrogen-bond acceptors (Lipinski definition) is 2. The molecule has 3 heteroatoms. The molecule has 0 aromatic heterocycles. The molecule has 0 bridgehead atoms. The highest BCUT2D eigenvalue weighted by Crippen LogP contribution is 2.30. The van der Waals surface area contributed by atoms with Gasteiger partial charge in [-0.05, 0) is 31.7 Å². The fraction of sp³-hybridized carbons (Fsp3) is 0.909. The minimum Gasteiger partial charge on any atom is -0.483 e. The molecular formula is C11H25NO2. The van der Waals surface area contributed by atoms with E-state index in [0.29, 0.717) is 5.41 Å². The van der Waals surface area contributed by atoms with Crippen LogP contribution in [0.1, 0.15) is 46.5 Å². The fourth-order valence-corrected chi connectivity index (χ4v) is 1.85. The summed E-state index contributed by atoms with van der Waals surface area (Å²) < 4.78 is 0. The van der Waals surface area contributed by atoms with Crippen molar-refractivity contribution in [2.45, 2.75) is 46.5 Å². The van der Waals surface area contributed by atoms with E-state index in [2.05, 4.69) is 33.1 Å². The normalized spacial score (nSPS) is 10.3. The summed E-state index contributed by atoms with van der Waals surface area (Å²) in [5.41, 5.74) is 0.573. The lowest BCUT2D eigenvalue weighted by Gasteiger charge is -2.31. The topological polar surface area (TPSA) is 49.3 Å². The Bertz CT molecular complexity index is 114. The van der Waals surface area contributed by atoms with Crippen LogP contribution >= 0.6 is 0 Å². The molecule has 0 aliphatic heterocycles. The Hall–Kier alpha value is -0.570. The number of carbonyl (C=O) groups is 1. The molecule has 0 radical (unpaired) electrons. The van der Waals surface area contributed by atoms with Gasteiger partial charge < -0.3 is 10.4 Å². The van der Waals surface area contributed by atoms with Gasteiger partial charge >= 0.3 is 0 Å². The van der Waals surface area contributed by atoms with Crippen LogP contribution in [0.5, 0.6) is 0 Å². The van der Waals surface area contributed by atoms with Crippen LogP contribution in [0.4, 0.5) is 0 Å². The summed E-state index contributed by atoms with van der Waals surface area (Å²) >= 11 is 0. The predicted octanol–water partition coefficient (Wildman–Crippen LogP) is 2.51. The van der Waals surface area contributed by atoms with Gasteiger partial charge in [0.2, 0.25) is 0 Å².